The highest BCUT2D eigenvalue weighted by Crippen LogP contribution is 2.25. The summed E-state index contributed by atoms with van der Waals surface area (Å²) >= 11 is 12.0. The molecule has 0 unspecified atom stereocenters. The fraction of sp³-hybridized carbons (Fsp3) is 0.0625. The van der Waals surface area contributed by atoms with Gasteiger partial charge in [0.2, 0.25) is 0 Å². The van der Waals surface area contributed by atoms with Crippen molar-refractivity contribution in [1.82, 2.24) is 9.78 Å². The molecule has 1 aromatic heterocycles. The van der Waals surface area contributed by atoms with Gasteiger partial charge in [-0.1, -0.05) is 29.3 Å². The van der Waals surface area contributed by atoms with Crippen LogP contribution >= 0.6 is 23.2 Å². The number of nitrogens with zero attached hydrogens (tertiary/aromatic N) is 2. The van der Waals surface area contributed by atoms with Crippen molar-refractivity contribution in [2.24, 2.45) is 0 Å². The first kappa shape index (κ1) is 18.6. The fourth-order valence-electron chi connectivity index (χ4n) is 2.19. The van der Waals surface area contributed by atoms with Gasteiger partial charge in [-0.3, -0.25) is 9.40 Å². The standard InChI is InChI=1S/C16H11Cl2F2N3O2S/c17-13-2-1-3-15(20)12(13)8-23-9-14(18)16(21-23)22-26(24,25)11-6-4-10(19)5-7-11/h1-7,9H,8H2,(H,21,22). The maximum Gasteiger partial charge on any atom is 0.263 e. The van der Waals surface area contributed by atoms with Crippen LogP contribution in [0.1, 0.15) is 5.56 Å². The molecule has 0 bridgehead atoms. The lowest BCUT2D eigenvalue weighted by molar-refractivity contribution is 0.585. The second kappa shape index (κ2) is 7.22. The molecule has 0 aliphatic heterocycles. The van der Waals surface area contributed by atoms with E-state index in [9.17, 15) is 17.2 Å². The van der Waals surface area contributed by atoms with E-state index in [1.807, 2.05) is 0 Å². The molecular weight excluding hydrogens is 407 g/mol. The van der Waals surface area contributed by atoms with Crippen molar-refractivity contribution in [3.63, 3.8) is 0 Å². The van der Waals surface area contributed by atoms with Gasteiger partial charge in [0.15, 0.2) is 5.82 Å². The summed E-state index contributed by atoms with van der Waals surface area (Å²) in [4.78, 5) is -0.151. The highest BCUT2D eigenvalue weighted by molar-refractivity contribution is 7.92. The van der Waals surface area contributed by atoms with Gasteiger partial charge >= 0.3 is 0 Å². The monoisotopic (exact) mass is 417 g/mol. The predicted octanol–water partition coefficient (Wildman–Crippen LogP) is 4.32. The molecule has 3 rings (SSSR count). The maximum absolute atomic E-state index is 13.9. The summed E-state index contributed by atoms with van der Waals surface area (Å²) in [6.07, 6.45) is 1.34. The van der Waals surface area contributed by atoms with Gasteiger partial charge in [0, 0.05) is 16.8 Å². The van der Waals surface area contributed by atoms with Crippen molar-refractivity contribution in [2.45, 2.75) is 11.4 Å². The van der Waals surface area contributed by atoms with E-state index in [0.717, 1.165) is 24.3 Å². The molecule has 2 aromatic carbocycles. The average Bonchev–Trinajstić information content (AvgIpc) is 2.90. The quantitative estimate of drug-likeness (QED) is 0.672. The first-order valence-corrected chi connectivity index (χ1v) is 9.44. The number of hydrogen-bond acceptors (Lipinski definition) is 3. The number of rotatable bonds is 5. The zero-order valence-electron chi connectivity index (χ0n) is 13.0. The highest BCUT2D eigenvalue weighted by Gasteiger charge is 2.19. The molecule has 0 radical (unpaired) electrons. The average molecular weight is 418 g/mol. The summed E-state index contributed by atoms with van der Waals surface area (Å²) in [7, 11) is -4.01. The number of anilines is 1. The van der Waals surface area contributed by atoms with Crippen molar-refractivity contribution in [3.05, 3.63) is 75.9 Å². The van der Waals surface area contributed by atoms with Crippen molar-refractivity contribution in [1.29, 1.82) is 0 Å². The Morgan fingerprint density at radius 3 is 2.38 bits per heavy atom. The lowest BCUT2D eigenvalue weighted by Gasteiger charge is -2.07. The molecule has 0 aliphatic carbocycles. The molecule has 0 atom stereocenters. The van der Waals surface area contributed by atoms with Gasteiger partial charge in [0.05, 0.1) is 11.4 Å². The van der Waals surface area contributed by atoms with Crippen LogP contribution in [0.3, 0.4) is 0 Å². The van der Waals surface area contributed by atoms with Crippen LogP contribution in [0.5, 0.6) is 0 Å². The third-order valence-corrected chi connectivity index (χ3v) is 5.44. The Morgan fingerprint density at radius 2 is 1.73 bits per heavy atom. The lowest BCUT2D eigenvalue weighted by atomic mass is 10.2. The summed E-state index contributed by atoms with van der Waals surface area (Å²) in [5.74, 6) is -1.21. The zero-order chi connectivity index (χ0) is 18.9. The van der Waals surface area contributed by atoms with Gasteiger partial charge in [-0.25, -0.2) is 17.2 Å². The van der Waals surface area contributed by atoms with E-state index in [2.05, 4.69) is 9.82 Å². The molecule has 5 nitrogen and oxygen atoms in total. The van der Waals surface area contributed by atoms with Crippen LogP contribution in [-0.2, 0) is 16.6 Å². The van der Waals surface area contributed by atoms with E-state index in [-0.39, 0.29) is 32.9 Å². The van der Waals surface area contributed by atoms with E-state index in [4.69, 9.17) is 23.2 Å². The summed E-state index contributed by atoms with van der Waals surface area (Å²) in [5, 5.41) is 4.24. The van der Waals surface area contributed by atoms with Gasteiger partial charge in [-0.2, -0.15) is 5.10 Å². The minimum Gasteiger partial charge on any atom is -0.264 e. The van der Waals surface area contributed by atoms with E-state index in [1.54, 1.807) is 0 Å². The van der Waals surface area contributed by atoms with Crippen LogP contribution in [0.25, 0.3) is 0 Å². The van der Waals surface area contributed by atoms with Gasteiger partial charge < -0.3 is 0 Å². The minimum atomic E-state index is -4.01. The van der Waals surface area contributed by atoms with Crippen LogP contribution in [0.15, 0.2) is 53.6 Å². The normalized spacial score (nSPS) is 11.5. The molecule has 0 fully saturated rings. The zero-order valence-corrected chi connectivity index (χ0v) is 15.3. The molecule has 0 spiro atoms. The third kappa shape index (κ3) is 3.98. The van der Waals surface area contributed by atoms with Crippen molar-refractivity contribution in [3.8, 4) is 0 Å². The molecule has 136 valence electrons. The van der Waals surface area contributed by atoms with E-state index >= 15 is 0 Å². The second-order valence-corrected chi connectivity index (χ2v) is 7.78. The molecule has 1 heterocycles. The SMILES string of the molecule is O=S(=O)(Nc1nn(Cc2c(F)cccc2Cl)cc1Cl)c1ccc(F)cc1. The van der Waals surface area contributed by atoms with Gasteiger partial charge in [-0.05, 0) is 36.4 Å². The largest absolute Gasteiger partial charge is 0.264 e. The molecule has 0 saturated carbocycles. The Balaban J connectivity index is 1.85. The Kier molecular flexibility index (Phi) is 5.17. The van der Waals surface area contributed by atoms with Crippen molar-refractivity contribution >= 4 is 39.0 Å². The predicted molar refractivity (Wildman–Crippen MR) is 95.0 cm³/mol. The van der Waals surface area contributed by atoms with E-state index in [1.165, 1.54) is 29.1 Å². The maximum atomic E-state index is 13.9. The molecule has 0 amide bonds. The minimum absolute atomic E-state index is 0.0168. The van der Waals surface area contributed by atoms with Crippen molar-refractivity contribution < 1.29 is 17.2 Å². The third-order valence-electron chi connectivity index (χ3n) is 3.45. The first-order chi connectivity index (χ1) is 12.3. The van der Waals surface area contributed by atoms with Crippen LogP contribution in [0, 0.1) is 11.6 Å². The number of hydrogen-bond donors (Lipinski definition) is 1. The second-order valence-electron chi connectivity index (χ2n) is 5.28. The van der Waals surface area contributed by atoms with Gasteiger partial charge in [0.25, 0.3) is 10.0 Å². The summed E-state index contributed by atoms with van der Waals surface area (Å²) in [6.45, 7) is -0.0382. The summed E-state index contributed by atoms with van der Waals surface area (Å²) < 4.78 is 54.9. The molecular formula is C16H11Cl2F2N3O2S. The number of aromatic nitrogens is 2. The smallest absolute Gasteiger partial charge is 0.263 e. The Bertz CT molecular complexity index is 1030. The number of nitrogens with one attached hydrogen (secondary N) is 1. The van der Waals surface area contributed by atoms with Crippen LogP contribution in [0.2, 0.25) is 10.0 Å². The van der Waals surface area contributed by atoms with Crippen LogP contribution < -0.4 is 4.72 Å². The van der Waals surface area contributed by atoms with Gasteiger partial charge in [-0.15, -0.1) is 0 Å². The topological polar surface area (TPSA) is 64.0 Å². The molecule has 3 aromatic rings. The molecule has 0 aliphatic rings. The lowest BCUT2D eigenvalue weighted by Crippen LogP contribution is -2.14. The summed E-state index contributed by atoms with van der Waals surface area (Å²) in [5.41, 5.74) is 0.196. The number of benzene rings is 2. The number of halogens is 4. The van der Waals surface area contributed by atoms with Crippen LogP contribution in [-0.4, -0.2) is 18.2 Å². The summed E-state index contributed by atoms with van der Waals surface area (Å²) in [6, 6.07) is 8.53. The van der Waals surface area contributed by atoms with Gasteiger partial charge in [0.1, 0.15) is 16.7 Å². The Morgan fingerprint density at radius 1 is 1.04 bits per heavy atom. The molecule has 10 heteroatoms. The number of sulfonamides is 1. The first-order valence-electron chi connectivity index (χ1n) is 7.20. The van der Waals surface area contributed by atoms with Crippen molar-refractivity contribution in [2.75, 3.05) is 4.72 Å². The Labute approximate surface area is 158 Å². The molecule has 1 N–H and O–H groups in total. The Hall–Kier alpha value is -2.16. The molecule has 0 saturated heterocycles. The highest BCUT2D eigenvalue weighted by atomic mass is 35.5. The molecule has 26 heavy (non-hydrogen) atoms. The van der Waals surface area contributed by atoms with E-state index < -0.39 is 21.7 Å². The van der Waals surface area contributed by atoms with E-state index in [0.29, 0.717) is 0 Å². The fourth-order valence-corrected chi connectivity index (χ4v) is 3.69. The van der Waals surface area contributed by atoms with Crippen LogP contribution in [0.4, 0.5) is 14.6 Å².